The van der Waals surface area contributed by atoms with Crippen LogP contribution in [-0.2, 0) is 10.0 Å². The molecule has 0 bridgehead atoms. The fraction of sp³-hybridized carbons (Fsp3) is 0.545. The minimum absolute atomic E-state index is 0.224. The first-order chi connectivity index (χ1) is 8.90. The van der Waals surface area contributed by atoms with Gasteiger partial charge in [0.1, 0.15) is 9.20 Å². The summed E-state index contributed by atoms with van der Waals surface area (Å²) in [7, 11) is -1.44. The average molecular weight is 319 g/mol. The average Bonchev–Trinajstić information content (AvgIpc) is 2.95. The van der Waals surface area contributed by atoms with Crippen LogP contribution in [0.2, 0.25) is 0 Å². The zero-order valence-electron chi connectivity index (χ0n) is 10.6. The van der Waals surface area contributed by atoms with Crippen molar-refractivity contribution in [3.8, 4) is 0 Å². The van der Waals surface area contributed by atoms with Gasteiger partial charge in [-0.2, -0.15) is 0 Å². The van der Waals surface area contributed by atoms with Gasteiger partial charge in [0.2, 0.25) is 10.0 Å². The van der Waals surface area contributed by atoms with Gasteiger partial charge in [-0.1, -0.05) is 12.2 Å². The molecule has 1 aliphatic rings. The Balaban J connectivity index is 2.03. The Morgan fingerprint density at radius 1 is 1.63 bits per heavy atom. The van der Waals surface area contributed by atoms with Gasteiger partial charge in [-0.15, -0.1) is 11.3 Å². The molecule has 1 fully saturated rings. The third-order valence-electron chi connectivity index (χ3n) is 3.27. The first-order valence-corrected chi connectivity index (χ1v) is 8.70. The number of sulfonamides is 1. The van der Waals surface area contributed by atoms with E-state index < -0.39 is 10.0 Å². The number of thiophene rings is 1. The molecule has 0 amide bonds. The molecule has 19 heavy (non-hydrogen) atoms. The van der Waals surface area contributed by atoms with Crippen LogP contribution in [0, 0.1) is 0 Å². The number of hydrogen-bond acceptors (Lipinski definition) is 5. The van der Waals surface area contributed by atoms with E-state index in [0.29, 0.717) is 11.4 Å². The number of nitrogens with two attached hydrogens (primary N) is 1. The summed E-state index contributed by atoms with van der Waals surface area (Å²) in [6.45, 7) is 1.47. The zero-order valence-corrected chi connectivity index (χ0v) is 13.1. The van der Waals surface area contributed by atoms with Gasteiger partial charge in [0.05, 0.1) is 4.88 Å². The van der Waals surface area contributed by atoms with Crippen molar-refractivity contribution in [2.24, 2.45) is 5.73 Å². The standard InChI is InChI=1S/C11H17N3O2S3/c1-14-6-2-3-8(14)7-13-19(15,16)10-5-4-9(18-10)11(12)17/h4-5,8,13H,2-3,6-7H2,1H3,(H2,12,17). The van der Waals surface area contributed by atoms with Crippen LogP contribution >= 0.6 is 23.6 Å². The maximum Gasteiger partial charge on any atom is 0.250 e. The van der Waals surface area contributed by atoms with Crippen LogP contribution in [0.5, 0.6) is 0 Å². The topological polar surface area (TPSA) is 75.4 Å². The first kappa shape index (κ1) is 14.9. The summed E-state index contributed by atoms with van der Waals surface area (Å²) >= 11 is 5.93. The third kappa shape index (κ3) is 3.51. The monoisotopic (exact) mass is 319 g/mol. The molecule has 8 heteroatoms. The minimum atomic E-state index is -3.46. The first-order valence-electron chi connectivity index (χ1n) is 6.00. The van der Waals surface area contributed by atoms with Gasteiger partial charge in [-0.05, 0) is 38.6 Å². The van der Waals surface area contributed by atoms with Gasteiger partial charge in [0, 0.05) is 12.6 Å². The van der Waals surface area contributed by atoms with Crippen molar-refractivity contribution in [3.05, 3.63) is 17.0 Å². The van der Waals surface area contributed by atoms with E-state index in [9.17, 15) is 8.42 Å². The molecule has 0 radical (unpaired) electrons. The van der Waals surface area contributed by atoms with Crippen LogP contribution in [-0.4, -0.2) is 44.5 Å². The summed E-state index contributed by atoms with van der Waals surface area (Å²) < 4.78 is 27.2. The van der Waals surface area contributed by atoms with E-state index in [-0.39, 0.29) is 15.2 Å². The summed E-state index contributed by atoms with van der Waals surface area (Å²) in [6, 6.07) is 3.47. The number of thiocarbonyl (C=S) groups is 1. The summed E-state index contributed by atoms with van der Waals surface area (Å²) in [5.74, 6) is 0. The van der Waals surface area contributed by atoms with Gasteiger partial charge in [0.15, 0.2) is 0 Å². The molecule has 1 aromatic rings. The quantitative estimate of drug-likeness (QED) is 0.784. The predicted octanol–water partition coefficient (Wildman–Crippen LogP) is 0.755. The van der Waals surface area contributed by atoms with Crippen molar-refractivity contribution in [3.63, 3.8) is 0 Å². The van der Waals surface area contributed by atoms with Crippen LogP contribution in [0.25, 0.3) is 0 Å². The minimum Gasteiger partial charge on any atom is -0.389 e. The number of nitrogens with zero attached hydrogens (tertiary/aromatic N) is 1. The maximum absolute atomic E-state index is 12.1. The predicted molar refractivity (Wildman–Crippen MR) is 81.0 cm³/mol. The van der Waals surface area contributed by atoms with Crippen molar-refractivity contribution in [1.29, 1.82) is 0 Å². The summed E-state index contributed by atoms with van der Waals surface area (Å²) in [6.07, 6.45) is 2.15. The largest absolute Gasteiger partial charge is 0.389 e. The molecule has 106 valence electrons. The van der Waals surface area contributed by atoms with Crippen LogP contribution < -0.4 is 10.5 Å². The van der Waals surface area contributed by atoms with E-state index in [2.05, 4.69) is 9.62 Å². The molecule has 5 nitrogen and oxygen atoms in total. The third-order valence-corrected chi connectivity index (χ3v) is 6.65. The fourth-order valence-corrected chi connectivity index (χ4v) is 4.58. The Morgan fingerprint density at radius 3 is 2.89 bits per heavy atom. The van der Waals surface area contributed by atoms with Gasteiger partial charge >= 0.3 is 0 Å². The van der Waals surface area contributed by atoms with Crippen LogP contribution in [0.3, 0.4) is 0 Å². The SMILES string of the molecule is CN1CCCC1CNS(=O)(=O)c1ccc(C(N)=S)s1. The normalized spacial score (nSPS) is 20.8. The van der Waals surface area contributed by atoms with E-state index in [1.165, 1.54) is 0 Å². The molecule has 1 aromatic heterocycles. The molecule has 1 unspecified atom stereocenters. The second-order valence-electron chi connectivity index (χ2n) is 4.61. The molecule has 2 rings (SSSR count). The Bertz CT molecular complexity index is 567. The lowest BCUT2D eigenvalue weighted by atomic mass is 10.2. The lowest BCUT2D eigenvalue weighted by molar-refractivity contribution is 0.311. The van der Waals surface area contributed by atoms with E-state index in [0.717, 1.165) is 30.7 Å². The highest BCUT2D eigenvalue weighted by molar-refractivity contribution is 7.91. The fourth-order valence-electron chi connectivity index (χ4n) is 2.11. The molecule has 2 heterocycles. The lowest BCUT2D eigenvalue weighted by Crippen LogP contribution is -2.37. The number of hydrogen-bond donors (Lipinski definition) is 2. The Hall–Kier alpha value is -0.540. The van der Waals surface area contributed by atoms with E-state index in [1.807, 2.05) is 7.05 Å². The van der Waals surface area contributed by atoms with Crippen LogP contribution in [0.1, 0.15) is 17.7 Å². The molecular formula is C11H17N3O2S3. The second-order valence-corrected chi connectivity index (χ2v) is 8.13. The van der Waals surface area contributed by atoms with E-state index in [1.54, 1.807) is 12.1 Å². The van der Waals surface area contributed by atoms with Crippen molar-refractivity contribution >= 4 is 38.6 Å². The van der Waals surface area contributed by atoms with Crippen LogP contribution in [0.15, 0.2) is 16.3 Å². The second kappa shape index (κ2) is 5.84. The molecule has 3 N–H and O–H groups in total. The molecule has 0 aromatic carbocycles. The van der Waals surface area contributed by atoms with Crippen molar-refractivity contribution < 1.29 is 8.42 Å². The van der Waals surface area contributed by atoms with Gasteiger partial charge in [-0.3, -0.25) is 0 Å². The van der Waals surface area contributed by atoms with Gasteiger partial charge in [0.25, 0.3) is 0 Å². The maximum atomic E-state index is 12.1. The smallest absolute Gasteiger partial charge is 0.250 e. The van der Waals surface area contributed by atoms with Crippen LogP contribution in [0.4, 0.5) is 0 Å². The summed E-state index contributed by atoms with van der Waals surface area (Å²) in [5, 5.41) is 0. The molecular weight excluding hydrogens is 302 g/mol. The number of likely N-dealkylation sites (tertiary alicyclic amines) is 1. The molecule has 0 saturated carbocycles. The molecule has 0 spiro atoms. The Kier molecular flexibility index (Phi) is 4.57. The highest BCUT2D eigenvalue weighted by atomic mass is 32.2. The number of likely N-dealkylation sites (N-methyl/N-ethyl adjacent to an activating group) is 1. The molecule has 0 aliphatic carbocycles. The highest BCUT2D eigenvalue weighted by Crippen LogP contribution is 2.22. The van der Waals surface area contributed by atoms with Crippen molar-refractivity contribution in [1.82, 2.24) is 9.62 Å². The van der Waals surface area contributed by atoms with Crippen molar-refractivity contribution in [2.75, 3.05) is 20.1 Å². The number of rotatable bonds is 5. The van der Waals surface area contributed by atoms with E-state index >= 15 is 0 Å². The Morgan fingerprint density at radius 2 is 2.37 bits per heavy atom. The molecule has 1 aliphatic heterocycles. The zero-order chi connectivity index (χ0) is 14.0. The van der Waals surface area contributed by atoms with Gasteiger partial charge < -0.3 is 10.6 Å². The van der Waals surface area contributed by atoms with E-state index in [4.69, 9.17) is 18.0 Å². The Labute approximate surface area is 122 Å². The summed E-state index contributed by atoms with van der Waals surface area (Å²) in [5.41, 5.74) is 5.48. The highest BCUT2D eigenvalue weighted by Gasteiger charge is 2.24. The van der Waals surface area contributed by atoms with Crippen molar-refractivity contribution in [2.45, 2.75) is 23.1 Å². The number of nitrogens with one attached hydrogen (secondary N) is 1. The summed E-state index contributed by atoms with van der Waals surface area (Å²) in [4.78, 5) is 3.02. The molecule has 1 atom stereocenters. The van der Waals surface area contributed by atoms with Gasteiger partial charge in [-0.25, -0.2) is 13.1 Å². The molecule has 1 saturated heterocycles. The lowest BCUT2D eigenvalue weighted by Gasteiger charge is -2.19.